The first-order valence-corrected chi connectivity index (χ1v) is 9.32. The van der Waals surface area contributed by atoms with Gasteiger partial charge in [-0.25, -0.2) is 8.57 Å². The number of carbonyl (C=O) groups is 1. The molecule has 0 saturated carbocycles. The third-order valence-corrected chi connectivity index (χ3v) is 6.17. The highest BCUT2D eigenvalue weighted by molar-refractivity contribution is 7.93. The Kier molecular flexibility index (Phi) is 4.95. The van der Waals surface area contributed by atoms with Crippen molar-refractivity contribution in [3.05, 3.63) is 90.5 Å². The molecule has 3 aromatic rings. The lowest BCUT2D eigenvalue weighted by atomic mass is 10.2. The monoisotopic (exact) mass is 350 g/mol. The van der Waals surface area contributed by atoms with E-state index in [1.807, 2.05) is 24.3 Å². The molecule has 3 rings (SSSR count). The number of carbonyl (C=O) groups excluding carboxylic acids is 1. The van der Waals surface area contributed by atoms with Gasteiger partial charge in [0.2, 0.25) is 0 Å². The Labute approximate surface area is 147 Å². The maximum Gasteiger partial charge on any atom is 0.255 e. The van der Waals surface area contributed by atoms with Crippen molar-refractivity contribution in [1.29, 1.82) is 0 Å². The number of para-hydroxylation sites is 1. The van der Waals surface area contributed by atoms with Crippen molar-refractivity contribution in [2.75, 3.05) is 12.4 Å². The molecule has 0 aliphatic rings. The van der Waals surface area contributed by atoms with Gasteiger partial charge in [-0.2, -0.15) is 0 Å². The second-order valence-corrected chi connectivity index (χ2v) is 7.67. The van der Waals surface area contributed by atoms with Crippen molar-refractivity contribution in [2.24, 2.45) is 4.36 Å². The van der Waals surface area contributed by atoms with Crippen LogP contribution in [0.4, 0.5) is 5.69 Å². The Balaban J connectivity index is 2.05. The highest BCUT2D eigenvalue weighted by Crippen LogP contribution is 2.29. The normalized spacial score (nSPS) is 12.8. The van der Waals surface area contributed by atoms with Gasteiger partial charge in [-0.15, -0.1) is 0 Å². The highest BCUT2D eigenvalue weighted by Gasteiger charge is 2.19. The summed E-state index contributed by atoms with van der Waals surface area (Å²) in [6.45, 7) is 0. The molecular formula is C20H18N2O2S. The Hall–Kier alpha value is -2.92. The molecule has 0 aliphatic carbocycles. The maximum absolute atomic E-state index is 13.6. The van der Waals surface area contributed by atoms with E-state index in [0.717, 1.165) is 0 Å². The highest BCUT2D eigenvalue weighted by atomic mass is 32.2. The molecule has 0 heterocycles. The molecule has 0 aliphatic heterocycles. The van der Waals surface area contributed by atoms with Gasteiger partial charge in [0.1, 0.15) is 9.73 Å². The molecule has 0 aromatic heterocycles. The summed E-state index contributed by atoms with van der Waals surface area (Å²) >= 11 is 0. The minimum Gasteiger partial charge on any atom is -0.321 e. The van der Waals surface area contributed by atoms with Crippen molar-refractivity contribution in [1.82, 2.24) is 0 Å². The van der Waals surface area contributed by atoms with Crippen LogP contribution in [-0.4, -0.2) is 17.2 Å². The second-order valence-electron chi connectivity index (χ2n) is 5.34. The molecule has 5 heteroatoms. The van der Waals surface area contributed by atoms with E-state index in [0.29, 0.717) is 21.0 Å². The third-order valence-electron chi connectivity index (χ3n) is 3.79. The molecule has 0 fully saturated rings. The predicted octanol–water partition coefficient (Wildman–Crippen LogP) is 4.45. The molecule has 1 N–H and O–H groups in total. The van der Waals surface area contributed by atoms with Crippen LogP contribution >= 0.6 is 0 Å². The molecule has 1 unspecified atom stereocenters. The average molecular weight is 350 g/mol. The number of anilines is 1. The van der Waals surface area contributed by atoms with Crippen LogP contribution < -0.4 is 5.32 Å². The zero-order chi connectivity index (χ0) is 17.7. The number of hydrogen-bond donors (Lipinski definition) is 1. The summed E-state index contributed by atoms with van der Waals surface area (Å²) in [6, 6.07) is 25.1. The number of nitrogens with one attached hydrogen (secondary N) is 1. The van der Waals surface area contributed by atoms with Gasteiger partial charge >= 0.3 is 0 Å². The first-order chi connectivity index (χ1) is 12.1. The second kappa shape index (κ2) is 7.32. The van der Waals surface area contributed by atoms with E-state index in [1.165, 1.54) is 7.05 Å². The zero-order valence-corrected chi connectivity index (χ0v) is 14.6. The largest absolute Gasteiger partial charge is 0.321 e. The Morgan fingerprint density at radius 2 is 1.40 bits per heavy atom. The minimum absolute atomic E-state index is 0.251. The predicted molar refractivity (Wildman–Crippen MR) is 100 cm³/mol. The van der Waals surface area contributed by atoms with Gasteiger partial charge in [0.05, 0.1) is 15.5 Å². The lowest BCUT2D eigenvalue weighted by molar-refractivity contribution is 0.102. The molecular weight excluding hydrogens is 332 g/mol. The number of hydrogen-bond acceptors (Lipinski definition) is 3. The van der Waals surface area contributed by atoms with Crippen LogP contribution in [0.15, 0.2) is 99.1 Å². The number of nitrogens with zero attached hydrogens (tertiary/aromatic N) is 1. The topological polar surface area (TPSA) is 58.5 Å². The number of benzene rings is 3. The van der Waals surface area contributed by atoms with Crippen LogP contribution in [0.2, 0.25) is 0 Å². The standard InChI is InChI=1S/C20H18N2O2S/c1-21-25(24,17-12-6-3-7-13-17)19-15-9-8-14-18(19)22-20(23)16-10-4-2-5-11-16/h2-15H,1H3,(H,22,23). The number of amides is 1. The van der Waals surface area contributed by atoms with Gasteiger partial charge in [-0.05, 0) is 36.4 Å². The van der Waals surface area contributed by atoms with Gasteiger partial charge in [0.25, 0.3) is 5.91 Å². The fraction of sp³-hybridized carbons (Fsp3) is 0.0500. The fourth-order valence-corrected chi connectivity index (χ4v) is 4.40. The summed E-state index contributed by atoms with van der Waals surface area (Å²) in [6.07, 6.45) is 0. The van der Waals surface area contributed by atoms with Crippen molar-refractivity contribution in [3.63, 3.8) is 0 Å². The molecule has 0 spiro atoms. The molecule has 1 amide bonds. The lowest BCUT2D eigenvalue weighted by Crippen LogP contribution is -2.14. The average Bonchev–Trinajstić information content (AvgIpc) is 2.69. The van der Waals surface area contributed by atoms with Crippen LogP contribution in [0.5, 0.6) is 0 Å². The molecule has 0 bridgehead atoms. The first kappa shape index (κ1) is 16.9. The van der Waals surface area contributed by atoms with Gasteiger partial charge < -0.3 is 5.32 Å². The summed E-state index contributed by atoms with van der Waals surface area (Å²) in [7, 11) is -1.30. The van der Waals surface area contributed by atoms with Crippen molar-refractivity contribution in [3.8, 4) is 0 Å². The van der Waals surface area contributed by atoms with E-state index in [1.54, 1.807) is 60.7 Å². The van der Waals surface area contributed by atoms with Gasteiger partial charge in [-0.3, -0.25) is 4.79 Å². The van der Waals surface area contributed by atoms with Crippen LogP contribution in [-0.2, 0) is 9.73 Å². The third kappa shape index (κ3) is 3.46. The SMILES string of the molecule is CN=S(=O)(c1ccccc1)c1ccccc1NC(=O)c1ccccc1. The molecule has 4 nitrogen and oxygen atoms in total. The smallest absolute Gasteiger partial charge is 0.255 e. The Morgan fingerprint density at radius 3 is 2.04 bits per heavy atom. The van der Waals surface area contributed by atoms with E-state index in [9.17, 15) is 9.00 Å². The Bertz CT molecular complexity index is 992. The summed E-state index contributed by atoms with van der Waals surface area (Å²) in [5, 5.41) is 2.86. The van der Waals surface area contributed by atoms with Crippen LogP contribution in [0.1, 0.15) is 10.4 Å². The van der Waals surface area contributed by atoms with Gasteiger partial charge in [0, 0.05) is 12.6 Å². The van der Waals surface area contributed by atoms with Crippen molar-refractivity contribution < 1.29 is 9.00 Å². The lowest BCUT2D eigenvalue weighted by Gasteiger charge is -2.15. The molecule has 0 saturated heterocycles. The van der Waals surface area contributed by atoms with E-state index >= 15 is 0 Å². The Morgan fingerprint density at radius 1 is 0.840 bits per heavy atom. The number of rotatable bonds is 4. The van der Waals surface area contributed by atoms with Crippen LogP contribution in [0.25, 0.3) is 0 Å². The van der Waals surface area contributed by atoms with E-state index in [2.05, 4.69) is 9.68 Å². The maximum atomic E-state index is 13.6. The summed E-state index contributed by atoms with van der Waals surface area (Å²) in [4.78, 5) is 13.6. The van der Waals surface area contributed by atoms with Gasteiger partial charge in [-0.1, -0.05) is 48.5 Å². The summed E-state index contributed by atoms with van der Waals surface area (Å²) in [5.41, 5.74) is 1.03. The molecule has 3 aromatic carbocycles. The summed E-state index contributed by atoms with van der Waals surface area (Å²) < 4.78 is 17.8. The van der Waals surface area contributed by atoms with Crippen molar-refractivity contribution in [2.45, 2.75) is 9.79 Å². The molecule has 0 radical (unpaired) electrons. The summed E-state index contributed by atoms with van der Waals surface area (Å²) in [5.74, 6) is -0.251. The minimum atomic E-state index is -2.83. The van der Waals surface area contributed by atoms with E-state index in [-0.39, 0.29) is 5.91 Å². The van der Waals surface area contributed by atoms with Crippen LogP contribution in [0.3, 0.4) is 0 Å². The van der Waals surface area contributed by atoms with Gasteiger partial charge in [0.15, 0.2) is 0 Å². The van der Waals surface area contributed by atoms with E-state index < -0.39 is 9.73 Å². The fourth-order valence-electron chi connectivity index (χ4n) is 2.53. The van der Waals surface area contributed by atoms with Crippen LogP contribution in [0, 0.1) is 0 Å². The first-order valence-electron chi connectivity index (χ1n) is 7.81. The molecule has 25 heavy (non-hydrogen) atoms. The zero-order valence-electron chi connectivity index (χ0n) is 13.8. The molecule has 126 valence electrons. The quantitative estimate of drug-likeness (QED) is 0.755. The van der Waals surface area contributed by atoms with E-state index in [4.69, 9.17) is 0 Å². The van der Waals surface area contributed by atoms with Crippen molar-refractivity contribution >= 4 is 21.3 Å². The molecule has 1 atom stereocenters.